The molecule has 1 heterocycles. The minimum atomic E-state index is -3.43. The lowest BCUT2D eigenvalue weighted by molar-refractivity contribution is 0.302. The summed E-state index contributed by atoms with van der Waals surface area (Å²) in [5.41, 5.74) is 0.664. The summed E-state index contributed by atoms with van der Waals surface area (Å²) in [5, 5.41) is 0. The number of alkyl halides is 1. The Labute approximate surface area is 120 Å². The Morgan fingerprint density at radius 2 is 2.05 bits per heavy atom. The van der Waals surface area contributed by atoms with E-state index in [1.54, 1.807) is 22.5 Å². The van der Waals surface area contributed by atoms with E-state index < -0.39 is 10.0 Å². The molecule has 19 heavy (non-hydrogen) atoms. The zero-order valence-electron chi connectivity index (χ0n) is 11.2. The van der Waals surface area contributed by atoms with Crippen molar-refractivity contribution in [1.82, 2.24) is 9.21 Å². The lowest BCUT2D eigenvalue weighted by Gasteiger charge is -2.21. The van der Waals surface area contributed by atoms with Crippen molar-refractivity contribution in [3.63, 3.8) is 0 Å². The van der Waals surface area contributed by atoms with Gasteiger partial charge in [0, 0.05) is 25.0 Å². The fraction of sp³-hybridized carbons (Fsp3) is 0.538. The molecule has 4 nitrogen and oxygen atoms in total. The van der Waals surface area contributed by atoms with E-state index in [0.29, 0.717) is 23.5 Å². The number of nitrogens with zero attached hydrogens (tertiary/aromatic N) is 2. The van der Waals surface area contributed by atoms with Crippen LogP contribution in [0, 0.1) is 0 Å². The average molecular weight is 303 g/mol. The second-order valence-corrected chi connectivity index (χ2v) is 7.18. The Kier molecular flexibility index (Phi) is 4.50. The van der Waals surface area contributed by atoms with Gasteiger partial charge in [0.05, 0.1) is 4.90 Å². The van der Waals surface area contributed by atoms with Crippen LogP contribution >= 0.6 is 11.6 Å². The van der Waals surface area contributed by atoms with Gasteiger partial charge in [-0.15, -0.1) is 11.6 Å². The molecule has 1 aromatic carbocycles. The zero-order chi connectivity index (χ0) is 14.0. The molecule has 1 aliphatic heterocycles. The fourth-order valence-corrected chi connectivity index (χ4v) is 4.38. The van der Waals surface area contributed by atoms with Gasteiger partial charge in [-0.25, -0.2) is 8.42 Å². The van der Waals surface area contributed by atoms with E-state index in [-0.39, 0.29) is 11.9 Å². The van der Waals surface area contributed by atoms with Crippen molar-refractivity contribution in [3.8, 4) is 0 Å². The molecule has 2 rings (SSSR count). The molecule has 0 N–H and O–H groups in total. The smallest absolute Gasteiger partial charge is 0.243 e. The van der Waals surface area contributed by atoms with Gasteiger partial charge in [-0.2, -0.15) is 4.31 Å². The van der Waals surface area contributed by atoms with Crippen molar-refractivity contribution >= 4 is 21.6 Å². The topological polar surface area (TPSA) is 40.6 Å². The third kappa shape index (κ3) is 2.94. The number of halogens is 1. The van der Waals surface area contributed by atoms with Crippen LogP contribution in [0.3, 0.4) is 0 Å². The third-order valence-corrected chi connectivity index (χ3v) is 5.84. The van der Waals surface area contributed by atoms with Crippen LogP contribution in [0.15, 0.2) is 29.2 Å². The molecule has 6 heteroatoms. The zero-order valence-corrected chi connectivity index (χ0v) is 12.8. The molecule has 0 aliphatic carbocycles. The highest BCUT2D eigenvalue weighted by Crippen LogP contribution is 2.25. The number of rotatable bonds is 4. The van der Waals surface area contributed by atoms with Crippen LogP contribution < -0.4 is 0 Å². The first-order valence-electron chi connectivity index (χ1n) is 6.27. The van der Waals surface area contributed by atoms with E-state index >= 15 is 0 Å². The molecule has 1 aromatic rings. The van der Waals surface area contributed by atoms with Gasteiger partial charge in [0.1, 0.15) is 0 Å². The fourth-order valence-electron chi connectivity index (χ4n) is 2.36. The number of hydrogen-bond acceptors (Lipinski definition) is 3. The number of likely N-dealkylation sites (N-methyl/N-ethyl adjacent to an activating group) is 1. The molecule has 0 bridgehead atoms. The van der Waals surface area contributed by atoms with E-state index in [9.17, 15) is 8.42 Å². The van der Waals surface area contributed by atoms with Crippen molar-refractivity contribution in [3.05, 3.63) is 29.8 Å². The van der Waals surface area contributed by atoms with Crippen LogP contribution in [0.1, 0.15) is 12.0 Å². The van der Waals surface area contributed by atoms with Crippen LogP contribution in [0.4, 0.5) is 0 Å². The maximum Gasteiger partial charge on any atom is 0.243 e. The molecule has 0 aromatic heterocycles. The highest BCUT2D eigenvalue weighted by Gasteiger charge is 2.34. The highest BCUT2D eigenvalue weighted by molar-refractivity contribution is 7.89. The van der Waals surface area contributed by atoms with E-state index in [0.717, 1.165) is 6.42 Å². The van der Waals surface area contributed by atoms with Crippen LogP contribution in [0.2, 0.25) is 0 Å². The minimum absolute atomic E-state index is 0.209. The minimum Gasteiger partial charge on any atom is -0.305 e. The number of sulfonamides is 1. The van der Waals surface area contributed by atoms with Gasteiger partial charge in [0.15, 0.2) is 0 Å². The summed E-state index contributed by atoms with van der Waals surface area (Å²) in [6.45, 7) is 1.12. The Bertz CT molecular complexity index is 545. The molecule has 1 atom stereocenters. The third-order valence-electron chi connectivity index (χ3n) is 3.59. The van der Waals surface area contributed by atoms with Crippen LogP contribution in [-0.2, 0) is 15.9 Å². The van der Waals surface area contributed by atoms with E-state index in [4.69, 9.17) is 11.6 Å². The van der Waals surface area contributed by atoms with Crippen molar-refractivity contribution in [2.45, 2.75) is 23.2 Å². The van der Waals surface area contributed by atoms with Crippen LogP contribution in [-0.4, -0.2) is 50.8 Å². The highest BCUT2D eigenvalue weighted by atomic mass is 35.5. The first kappa shape index (κ1) is 14.8. The second-order valence-electron chi connectivity index (χ2n) is 5.01. The van der Waals surface area contributed by atoms with Gasteiger partial charge in [0.25, 0.3) is 0 Å². The van der Waals surface area contributed by atoms with Crippen molar-refractivity contribution in [1.29, 1.82) is 0 Å². The molecule has 106 valence electrons. The van der Waals surface area contributed by atoms with Crippen LogP contribution in [0.25, 0.3) is 0 Å². The summed E-state index contributed by atoms with van der Waals surface area (Å²) in [6, 6.07) is 7.24. The molecular weight excluding hydrogens is 284 g/mol. The van der Waals surface area contributed by atoms with Crippen molar-refractivity contribution in [2.75, 3.05) is 27.2 Å². The summed E-state index contributed by atoms with van der Waals surface area (Å²) >= 11 is 5.83. The van der Waals surface area contributed by atoms with Gasteiger partial charge in [-0.1, -0.05) is 18.2 Å². The normalized spacial score (nSPS) is 21.2. The van der Waals surface area contributed by atoms with Gasteiger partial charge in [-0.05, 0) is 32.1 Å². The summed E-state index contributed by atoms with van der Waals surface area (Å²) in [4.78, 5) is 2.41. The Morgan fingerprint density at radius 3 is 2.63 bits per heavy atom. The number of hydrogen-bond donors (Lipinski definition) is 0. The molecule has 0 spiro atoms. The van der Waals surface area contributed by atoms with Crippen LogP contribution in [0.5, 0.6) is 0 Å². The van der Waals surface area contributed by atoms with Gasteiger partial charge < -0.3 is 4.90 Å². The van der Waals surface area contributed by atoms with Gasteiger partial charge in [-0.3, -0.25) is 0 Å². The predicted molar refractivity (Wildman–Crippen MR) is 76.8 cm³/mol. The van der Waals surface area contributed by atoms with Gasteiger partial charge >= 0.3 is 0 Å². The Balaban J connectivity index is 2.29. The Hall–Kier alpha value is -0.620. The molecule has 0 radical (unpaired) electrons. The molecule has 1 unspecified atom stereocenters. The summed E-state index contributed by atoms with van der Waals surface area (Å²) < 4.78 is 26.8. The summed E-state index contributed by atoms with van der Waals surface area (Å²) in [5.74, 6) is 0.209. The van der Waals surface area contributed by atoms with Crippen molar-refractivity contribution in [2.24, 2.45) is 0 Å². The maximum atomic E-state index is 12.6. The average Bonchev–Trinajstić information content (AvgIpc) is 2.89. The Morgan fingerprint density at radius 1 is 1.37 bits per heavy atom. The summed E-state index contributed by atoms with van der Waals surface area (Å²) in [7, 11) is 0.534. The van der Waals surface area contributed by atoms with Gasteiger partial charge in [0.2, 0.25) is 10.0 Å². The monoisotopic (exact) mass is 302 g/mol. The van der Waals surface area contributed by atoms with E-state index in [1.807, 2.05) is 20.2 Å². The lowest BCUT2D eigenvalue weighted by Crippen LogP contribution is -2.34. The second kappa shape index (κ2) is 5.79. The molecule has 1 aliphatic rings. The maximum absolute atomic E-state index is 12.6. The standard InChI is InChI=1S/C13H19ClN2O2S/c1-15(2)12-7-8-16(10-12)19(17,18)13-6-4-3-5-11(13)9-14/h3-6,12H,7-10H2,1-2H3. The first-order chi connectivity index (χ1) is 8.96. The van der Waals surface area contributed by atoms with E-state index in [2.05, 4.69) is 4.90 Å². The molecule has 0 saturated carbocycles. The molecule has 1 fully saturated rings. The first-order valence-corrected chi connectivity index (χ1v) is 8.24. The molecular formula is C13H19ClN2O2S. The lowest BCUT2D eigenvalue weighted by atomic mass is 10.2. The van der Waals surface area contributed by atoms with Crippen molar-refractivity contribution < 1.29 is 8.42 Å². The predicted octanol–water partition coefficient (Wildman–Crippen LogP) is 1.75. The van der Waals surface area contributed by atoms with E-state index in [1.165, 1.54) is 0 Å². The quantitative estimate of drug-likeness (QED) is 0.796. The SMILES string of the molecule is CN(C)C1CCN(S(=O)(=O)c2ccccc2CCl)C1. The largest absolute Gasteiger partial charge is 0.305 e. The summed E-state index contributed by atoms with van der Waals surface area (Å²) in [6.07, 6.45) is 0.870. The molecule has 1 saturated heterocycles. The number of benzene rings is 1. The molecule has 0 amide bonds.